The SMILES string of the molecule is O=C(O)[SiH]1O[SiH2]O[SiH2]O1. The molecule has 0 aromatic heterocycles. The van der Waals surface area contributed by atoms with Crippen LogP contribution >= 0.6 is 0 Å². The molecule has 52 valence electrons. The fourth-order valence-electron chi connectivity index (χ4n) is 0.445. The third kappa shape index (κ3) is 2.00. The van der Waals surface area contributed by atoms with Crippen molar-refractivity contribution in [2.75, 3.05) is 0 Å². The molecule has 0 unspecified atom stereocenters. The van der Waals surface area contributed by atoms with Crippen molar-refractivity contribution in [2.24, 2.45) is 0 Å². The third-order valence-electron chi connectivity index (χ3n) is 0.807. The minimum Gasteiger partial charge on any atom is -0.482 e. The molecule has 0 radical (unpaired) electrons. The molecule has 1 aliphatic rings. The minimum atomic E-state index is -2.28. The van der Waals surface area contributed by atoms with Crippen LogP contribution in [0.15, 0.2) is 0 Å². The fourth-order valence-corrected chi connectivity index (χ4v) is 6.60. The second-order valence-electron chi connectivity index (χ2n) is 1.44. The van der Waals surface area contributed by atoms with Gasteiger partial charge in [0.2, 0.25) is 0 Å². The monoisotopic (exact) mass is 182 g/mol. The van der Waals surface area contributed by atoms with Crippen LogP contribution in [0.4, 0.5) is 4.79 Å². The lowest BCUT2D eigenvalue weighted by molar-refractivity contribution is 0.205. The quantitative estimate of drug-likeness (QED) is 0.455. The molecule has 5 nitrogen and oxygen atoms in total. The van der Waals surface area contributed by atoms with Crippen molar-refractivity contribution >= 4 is 34.9 Å². The van der Waals surface area contributed by atoms with Crippen molar-refractivity contribution in [1.29, 1.82) is 0 Å². The summed E-state index contributed by atoms with van der Waals surface area (Å²) in [6.45, 7) is 0. The standard InChI is InChI=1S/CH6O5Si3/c2-1(3)9-5-7-4-8-6-9/h9H,7-8H2,(H,2,3). The van der Waals surface area contributed by atoms with Gasteiger partial charge in [0, 0.05) is 0 Å². The smallest absolute Gasteiger partial charge is 0.428 e. The number of rotatable bonds is 1. The first-order valence-corrected chi connectivity index (χ1v) is 6.17. The van der Waals surface area contributed by atoms with Crippen LogP contribution in [-0.2, 0) is 12.3 Å². The molecule has 9 heavy (non-hydrogen) atoms. The zero-order valence-corrected chi connectivity index (χ0v) is 8.55. The van der Waals surface area contributed by atoms with Gasteiger partial charge in [-0.2, -0.15) is 0 Å². The minimum absolute atomic E-state index is 0.918. The highest BCUT2D eigenvalue weighted by Gasteiger charge is 2.26. The van der Waals surface area contributed by atoms with Gasteiger partial charge in [0.25, 0.3) is 20.0 Å². The lowest BCUT2D eigenvalue weighted by Crippen LogP contribution is -2.40. The van der Waals surface area contributed by atoms with E-state index in [9.17, 15) is 4.79 Å². The molecule has 1 N–H and O–H groups in total. The summed E-state index contributed by atoms with van der Waals surface area (Å²) in [4.78, 5) is 10.2. The van der Waals surface area contributed by atoms with Crippen LogP contribution in [0.3, 0.4) is 0 Å². The van der Waals surface area contributed by atoms with Crippen molar-refractivity contribution in [3.63, 3.8) is 0 Å². The predicted molar refractivity (Wildman–Crippen MR) is 35.5 cm³/mol. The summed E-state index contributed by atoms with van der Waals surface area (Å²) >= 11 is 0. The topological polar surface area (TPSA) is 65.0 Å². The summed E-state index contributed by atoms with van der Waals surface area (Å²) in [5.74, 6) is 0. The van der Waals surface area contributed by atoms with Gasteiger partial charge in [-0.05, 0) is 0 Å². The van der Waals surface area contributed by atoms with Gasteiger partial charge in [-0.15, -0.1) is 0 Å². The average molecular weight is 182 g/mol. The predicted octanol–water partition coefficient (Wildman–Crippen LogP) is -2.47. The van der Waals surface area contributed by atoms with E-state index in [1.807, 2.05) is 0 Å². The normalized spacial score (nSPS) is 33.1. The van der Waals surface area contributed by atoms with Crippen LogP contribution in [0.25, 0.3) is 0 Å². The molecule has 1 fully saturated rings. The summed E-state index contributed by atoms with van der Waals surface area (Å²) in [7, 11) is -4.21. The zero-order chi connectivity index (χ0) is 6.69. The highest BCUT2D eigenvalue weighted by Crippen LogP contribution is 1.94. The molecular formula is CH6O5Si3. The Morgan fingerprint density at radius 3 is 2.33 bits per heavy atom. The maximum absolute atomic E-state index is 10.2. The Labute approximate surface area is 57.9 Å². The van der Waals surface area contributed by atoms with Crippen LogP contribution < -0.4 is 0 Å². The van der Waals surface area contributed by atoms with E-state index in [2.05, 4.69) is 0 Å². The zero-order valence-electron chi connectivity index (χ0n) is 4.57. The van der Waals surface area contributed by atoms with Crippen LogP contribution in [0.2, 0.25) is 0 Å². The Kier molecular flexibility index (Phi) is 2.56. The van der Waals surface area contributed by atoms with Gasteiger partial charge in [-0.25, -0.2) is 0 Å². The van der Waals surface area contributed by atoms with Crippen LogP contribution in [-0.4, -0.2) is 40.0 Å². The van der Waals surface area contributed by atoms with E-state index in [4.69, 9.17) is 17.5 Å². The Balaban J connectivity index is 2.31. The van der Waals surface area contributed by atoms with Crippen molar-refractivity contribution in [3.8, 4) is 0 Å². The fraction of sp³-hybridized carbons (Fsp3) is 0. The van der Waals surface area contributed by atoms with Gasteiger partial charge in [-0.1, -0.05) is 0 Å². The maximum Gasteiger partial charge on any atom is 0.428 e. The van der Waals surface area contributed by atoms with E-state index in [0.29, 0.717) is 0 Å². The van der Waals surface area contributed by atoms with Crippen LogP contribution in [0.5, 0.6) is 0 Å². The number of carboxylic acid groups (broad SMARTS) is 1. The molecule has 0 aromatic carbocycles. The van der Waals surface area contributed by atoms with E-state index < -0.39 is 34.9 Å². The lowest BCUT2D eigenvalue weighted by Gasteiger charge is -2.17. The average Bonchev–Trinajstić information content (AvgIpc) is 1.90. The summed E-state index contributed by atoms with van der Waals surface area (Å²) in [6.07, 6.45) is 0. The largest absolute Gasteiger partial charge is 0.482 e. The molecule has 0 atom stereocenters. The van der Waals surface area contributed by atoms with Crippen molar-refractivity contribution in [2.45, 2.75) is 0 Å². The van der Waals surface area contributed by atoms with Gasteiger partial charge in [0.05, 0.1) is 0 Å². The number of hydrogen-bond acceptors (Lipinski definition) is 4. The molecule has 0 saturated carbocycles. The summed E-state index contributed by atoms with van der Waals surface area (Å²) < 4.78 is 14.5. The first-order chi connectivity index (χ1) is 4.30. The molecule has 1 saturated heterocycles. The second-order valence-corrected chi connectivity index (χ2v) is 7.37. The van der Waals surface area contributed by atoms with Crippen molar-refractivity contribution in [3.05, 3.63) is 0 Å². The molecular weight excluding hydrogens is 176 g/mol. The van der Waals surface area contributed by atoms with Gasteiger partial charge in [0.15, 0.2) is 0 Å². The van der Waals surface area contributed by atoms with Gasteiger partial charge >= 0.3 is 14.9 Å². The highest BCUT2D eigenvalue weighted by molar-refractivity contribution is 6.84. The Bertz CT molecular complexity index is 109. The Morgan fingerprint density at radius 1 is 1.44 bits per heavy atom. The van der Waals surface area contributed by atoms with E-state index in [-0.39, 0.29) is 0 Å². The first-order valence-electron chi connectivity index (χ1n) is 2.34. The molecule has 0 aromatic rings. The van der Waals surface area contributed by atoms with E-state index >= 15 is 0 Å². The molecule has 1 rings (SSSR count). The van der Waals surface area contributed by atoms with Crippen LogP contribution in [0.1, 0.15) is 0 Å². The summed E-state index contributed by atoms with van der Waals surface area (Å²) in [5, 5.41) is 8.34. The third-order valence-corrected chi connectivity index (χ3v) is 6.05. The Hall–Kier alpha value is 0.000649. The highest BCUT2D eigenvalue weighted by atomic mass is 28.4. The van der Waals surface area contributed by atoms with Crippen molar-refractivity contribution < 1.29 is 22.2 Å². The maximum atomic E-state index is 10.2. The van der Waals surface area contributed by atoms with Gasteiger partial charge < -0.3 is 17.5 Å². The molecule has 1 aliphatic heterocycles. The van der Waals surface area contributed by atoms with Gasteiger partial charge in [-0.3, -0.25) is 4.79 Å². The molecule has 1 heterocycles. The van der Waals surface area contributed by atoms with E-state index in [1.165, 1.54) is 0 Å². The van der Waals surface area contributed by atoms with E-state index in [1.54, 1.807) is 0 Å². The molecule has 0 spiro atoms. The molecule has 0 amide bonds. The summed E-state index contributed by atoms with van der Waals surface area (Å²) in [5.41, 5.74) is -0.918. The first kappa shape index (κ1) is 7.11. The summed E-state index contributed by atoms with van der Waals surface area (Å²) in [6, 6.07) is 0. The second kappa shape index (κ2) is 3.24. The number of carbonyl (C=O) groups is 1. The number of hydrogen-bond donors (Lipinski definition) is 1. The lowest BCUT2D eigenvalue weighted by atomic mass is 11.6. The van der Waals surface area contributed by atoms with Crippen LogP contribution in [0, 0.1) is 0 Å². The van der Waals surface area contributed by atoms with Crippen molar-refractivity contribution in [1.82, 2.24) is 0 Å². The Morgan fingerprint density at radius 2 is 2.00 bits per heavy atom. The molecule has 0 aliphatic carbocycles. The van der Waals surface area contributed by atoms with E-state index in [0.717, 1.165) is 0 Å². The molecule has 8 heteroatoms. The van der Waals surface area contributed by atoms with Gasteiger partial charge in [0.1, 0.15) is 0 Å². The molecule has 0 bridgehead atoms.